The Balaban J connectivity index is 1.74. The highest BCUT2D eigenvalue weighted by Gasteiger charge is 2.22. The van der Waals surface area contributed by atoms with E-state index < -0.39 is 0 Å². The number of rotatable bonds is 4. The minimum atomic E-state index is 0.152. The Morgan fingerprint density at radius 1 is 1.39 bits per heavy atom. The summed E-state index contributed by atoms with van der Waals surface area (Å²) in [5.74, 6) is 2.03. The SMILES string of the molecule is Clc1ncc(Cl)c(Nc2cc(CC3CC3)n[nH]2)n1. The summed E-state index contributed by atoms with van der Waals surface area (Å²) in [4.78, 5) is 7.80. The molecule has 0 unspecified atom stereocenters. The molecule has 1 saturated carbocycles. The molecule has 1 aliphatic carbocycles. The van der Waals surface area contributed by atoms with Crippen LogP contribution in [0.4, 0.5) is 11.6 Å². The number of aromatic nitrogens is 4. The Labute approximate surface area is 114 Å². The van der Waals surface area contributed by atoms with Crippen LogP contribution in [-0.2, 0) is 6.42 Å². The Bertz CT molecular complexity index is 564. The van der Waals surface area contributed by atoms with E-state index in [-0.39, 0.29) is 5.28 Å². The lowest BCUT2D eigenvalue weighted by molar-refractivity contribution is 0.796. The van der Waals surface area contributed by atoms with Gasteiger partial charge in [0.25, 0.3) is 0 Å². The third-order valence-electron chi connectivity index (χ3n) is 2.79. The summed E-state index contributed by atoms with van der Waals surface area (Å²) in [6, 6.07) is 1.96. The van der Waals surface area contributed by atoms with Crippen LogP contribution in [0.25, 0.3) is 0 Å². The highest BCUT2D eigenvalue weighted by Crippen LogP contribution is 2.32. The first-order chi connectivity index (χ1) is 8.70. The van der Waals surface area contributed by atoms with Crippen LogP contribution in [0.2, 0.25) is 10.3 Å². The van der Waals surface area contributed by atoms with Crippen LogP contribution < -0.4 is 5.32 Å². The summed E-state index contributed by atoms with van der Waals surface area (Å²) in [5, 5.41) is 10.8. The molecule has 3 rings (SSSR count). The van der Waals surface area contributed by atoms with Crippen molar-refractivity contribution in [3.05, 3.63) is 28.3 Å². The van der Waals surface area contributed by atoms with Crippen molar-refractivity contribution in [3.8, 4) is 0 Å². The number of aromatic amines is 1. The minimum absolute atomic E-state index is 0.152. The van der Waals surface area contributed by atoms with Gasteiger partial charge in [-0.15, -0.1) is 0 Å². The van der Waals surface area contributed by atoms with E-state index in [1.807, 2.05) is 6.07 Å². The summed E-state index contributed by atoms with van der Waals surface area (Å²) < 4.78 is 0. The topological polar surface area (TPSA) is 66.5 Å². The number of hydrogen-bond donors (Lipinski definition) is 2. The number of nitrogens with one attached hydrogen (secondary N) is 2. The first-order valence-corrected chi connectivity index (χ1v) is 6.45. The molecule has 5 nitrogen and oxygen atoms in total. The molecule has 0 saturated heterocycles. The lowest BCUT2D eigenvalue weighted by Gasteiger charge is -2.03. The summed E-state index contributed by atoms with van der Waals surface area (Å²) >= 11 is 11.7. The van der Waals surface area contributed by atoms with Crippen molar-refractivity contribution < 1.29 is 0 Å². The molecule has 0 spiro atoms. The maximum Gasteiger partial charge on any atom is 0.224 e. The van der Waals surface area contributed by atoms with E-state index in [9.17, 15) is 0 Å². The Kier molecular flexibility index (Phi) is 3.09. The molecule has 0 aliphatic heterocycles. The summed E-state index contributed by atoms with van der Waals surface area (Å²) in [6.07, 6.45) is 5.10. The summed E-state index contributed by atoms with van der Waals surface area (Å²) in [7, 11) is 0. The van der Waals surface area contributed by atoms with Gasteiger partial charge in [0, 0.05) is 6.07 Å². The molecule has 2 aromatic heterocycles. The minimum Gasteiger partial charge on any atom is -0.324 e. The van der Waals surface area contributed by atoms with Crippen LogP contribution in [0.1, 0.15) is 18.5 Å². The zero-order valence-corrected chi connectivity index (χ0v) is 11.0. The smallest absolute Gasteiger partial charge is 0.224 e. The monoisotopic (exact) mass is 283 g/mol. The quantitative estimate of drug-likeness (QED) is 0.846. The summed E-state index contributed by atoms with van der Waals surface area (Å²) in [5.41, 5.74) is 1.05. The van der Waals surface area contributed by atoms with E-state index in [4.69, 9.17) is 23.2 Å². The van der Waals surface area contributed by atoms with E-state index in [0.717, 1.165) is 23.9 Å². The molecule has 7 heteroatoms. The fourth-order valence-corrected chi connectivity index (χ4v) is 1.98. The standard InChI is InChI=1S/C11H11Cl2N5/c12-8-5-14-11(13)16-10(8)15-9-4-7(17-18-9)3-6-1-2-6/h4-6H,1-3H2,(H2,14,15,16,17,18). The molecule has 2 heterocycles. The van der Waals surface area contributed by atoms with Gasteiger partial charge in [-0.05, 0) is 36.8 Å². The molecule has 1 fully saturated rings. The van der Waals surface area contributed by atoms with Crippen molar-refractivity contribution in [2.24, 2.45) is 5.92 Å². The fraction of sp³-hybridized carbons (Fsp3) is 0.364. The molecule has 1 aliphatic rings. The van der Waals surface area contributed by atoms with E-state index in [0.29, 0.717) is 10.8 Å². The van der Waals surface area contributed by atoms with Crippen molar-refractivity contribution in [2.45, 2.75) is 19.3 Å². The second-order valence-corrected chi connectivity index (χ2v) is 5.13. The first kappa shape index (κ1) is 11.7. The number of anilines is 2. The molecule has 0 amide bonds. The molecule has 0 bridgehead atoms. The molecule has 94 valence electrons. The van der Waals surface area contributed by atoms with Gasteiger partial charge in [0.15, 0.2) is 5.82 Å². The number of H-pyrrole nitrogens is 1. The Hall–Kier alpha value is -1.33. The molecule has 2 aromatic rings. The van der Waals surface area contributed by atoms with Gasteiger partial charge in [0.05, 0.1) is 11.9 Å². The largest absolute Gasteiger partial charge is 0.324 e. The Morgan fingerprint density at radius 2 is 2.22 bits per heavy atom. The molecule has 0 aromatic carbocycles. The average Bonchev–Trinajstić information content (AvgIpc) is 3.04. The van der Waals surface area contributed by atoms with Gasteiger partial charge in [-0.2, -0.15) is 10.1 Å². The van der Waals surface area contributed by atoms with Crippen LogP contribution in [-0.4, -0.2) is 20.2 Å². The van der Waals surface area contributed by atoms with Gasteiger partial charge >= 0.3 is 0 Å². The van der Waals surface area contributed by atoms with Crippen molar-refractivity contribution in [1.29, 1.82) is 0 Å². The predicted molar refractivity (Wildman–Crippen MR) is 70.4 cm³/mol. The van der Waals surface area contributed by atoms with Gasteiger partial charge in [-0.3, -0.25) is 5.10 Å². The van der Waals surface area contributed by atoms with Gasteiger partial charge in [0.1, 0.15) is 10.8 Å². The molecule has 0 atom stereocenters. The molecule has 0 radical (unpaired) electrons. The highest BCUT2D eigenvalue weighted by atomic mass is 35.5. The number of nitrogens with zero attached hydrogens (tertiary/aromatic N) is 3. The average molecular weight is 284 g/mol. The van der Waals surface area contributed by atoms with Crippen molar-refractivity contribution >= 4 is 34.8 Å². The van der Waals surface area contributed by atoms with E-state index in [1.54, 1.807) is 0 Å². The van der Waals surface area contributed by atoms with Crippen LogP contribution in [0.5, 0.6) is 0 Å². The van der Waals surface area contributed by atoms with Crippen LogP contribution in [0.15, 0.2) is 12.3 Å². The normalized spacial score (nSPS) is 14.8. The predicted octanol–water partition coefficient (Wildman–Crippen LogP) is 3.20. The van der Waals surface area contributed by atoms with Gasteiger partial charge < -0.3 is 5.32 Å². The Morgan fingerprint density at radius 3 is 3.00 bits per heavy atom. The van der Waals surface area contributed by atoms with Gasteiger partial charge in [0.2, 0.25) is 5.28 Å². The number of hydrogen-bond acceptors (Lipinski definition) is 4. The second kappa shape index (κ2) is 4.74. The third-order valence-corrected chi connectivity index (χ3v) is 3.25. The summed E-state index contributed by atoms with van der Waals surface area (Å²) in [6.45, 7) is 0. The molecule has 2 N–H and O–H groups in total. The van der Waals surface area contributed by atoms with Crippen molar-refractivity contribution in [1.82, 2.24) is 20.2 Å². The van der Waals surface area contributed by atoms with Crippen molar-refractivity contribution in [3.63, 3.8) is 0 Å². The first-order valence-electron chi connectivity index (χ1n) is 5.70. The van der Waals surface area contributed by atoms with E-state index >= 15 is 0 Å². The van der Waals surface area contributed by atoms with Gasteiger partial charge in [-0.1, -0.05) is 11.6 Å². The molecule has 18 heavy (non-hydrogen) atoms. The van der Waals surface area contributed by atoms with Crippen LogP contribution >= 0.6 is 23.2 Å². The maximum absolute atomic E-state index is 5.97. The zero-order valence-electron chi connectivity index (χ0n) is 9.45. The third kappa shape index (κ3) is 2.73. The lowest BCUT2D eigenvalue weighted by atomic mass is 10.2. The molecular formula is C11H11Cl2N5. The highest BCUT2D eigenvalue weighted by molar-refractivity contribution is 6.33. The van der Waals surface area contributed by atoms with E-state index in [1.165, 1.54) is 19.0 Å². The van der Waals surface area contributed by atoms with E-state index in [2.05, 4.69) is 25.5 Å². The van der Waals surface area contributed by atoms with Crippen LogP contribution in [0, 0.1) is 5.92 Å². The number of halogens is 2. The zero-order chi connectivity index (χ0) is 12.5. The maximum atomic E-state index is 5.97. The lowest BCUT2D eigenvalue weighted by Crippen LogP contribution is -1.96. The second-order valence-electron chi connectivity index (χ2n) is 4.38. The molecular weight excluding hydrogens is 273 g/mol. The van der Waals surface area contributed by atoms with Crippen molar-refractivity contribution in [2.75, 3.05) is 5.32 Å². The fourth-order valence-electron chi connectivity index (χ4n) is 1.71. The van der Waals surface area contributed by atoms with Gasteiger partial charge in [-0.25, -0.2) is 4.98 Å². The van der Waals surface area contributed by atoms with Crippen LogP contribution in [0.3, 0.4) is 0 Å².